The topological polar surface area (TPSA) is 48.8 Å². The number of nitrogens with zero attached hydrogens (tertiary/aromatic N) is 4. The van der Waals surface area contributed by atoms with Gasteiger partial charge in [-0.25, -0.2) is 0 Å². The van der Waals surface area contributed by atoms with E-state index in [1.807, 2.05) is 18.5 Å². The SMILES string of the molecule is CC(C)N1CCC(CC(=O)N2CCCC(c3ccc(C4C=N4)c4ncccc34)C2)CC1. The molecular weight excluding hydrogens is 384 g/mol. The lowest BCUT2D eigenvalue weighted by atomic mass is 9.86. The Kier molecular flexibility index (Phi) is 5.79. The molecule has 5 nitrogen and oxygen atoms in total. The number of pyridine rings is 1. The van der Waals surface area contributed by atoms with Crippen molar-refractivity contribution in [3.8, 4) is 0 Å². The summed E-state index contributed by atoms with van der Waals surface area (Å²) < 4.78 is 0. The summed E-state index contributed by atoms with van der Waals surface area (Å²) in [5.41, 5.74) is 3.62. The van der Waals surface area contributed by atoms with Gasteiger partial charge in [0.1, 0.15) is 6.04 Å². The molecule has 0 aliphatic carbocycles. The standard InChI is InChI=1S/C26H34N4O/c1-18(2)29-13-9-19(10-14-29)15-25(31)30-12-4-5-20(17-30)21-7-8-23(24-16-28-24)26-22(21)6-3-11-27-26/h3,6-8,11,16,18-20,24H,4-5,9-10,12-15,17H2,1-2H3. The number of aromatic nitrogens is 1. The highest BCUT2D eigenvalue weighted by molar-refractivity contribution is 5.92. The van der Waals surface area contributed by atoms with Gasteiger partial charge in [0.05, 0.1) is 5.52 Å². The van der Waals surface area contributed by atoms with E-state index in [0.717, 1.165) is 63.8 Å². The van der Waals surface area contributed by atoms with Crippen molar-refractivity contribution in [3.63, 3.8) is 0 Å². The Morgan fingerprint density at radius 2 is 1.87 bits per heavy atom. The molecule has 0 bridgehead atoms. The van der Waals surface area contributed by atoms with E-state index in [4.69, 9.17) is 0 Å². The number of amides is 1. The molecule has 1 amide bonds. The van der Waals surface area contributed by atoms with E-state index < -0.39 is 0 Å². The molecule has 2 aromatic rings. The van der Waals surface area contributed by atoms with Crippen molar-refractivity contribution >= 4 is 23.0 Å². The highest BCUT2D eigenvalue weighted by atomic mass is 16.2. The molecule has 1 aromatic heterocycles. The molecule has 5 rings (SSSR count). The zero-order valence-electron chi connectivity index (χ0n) is 18.8. The van der Waals surface area contributed by atoms with Crippen molar-refractivity contribution < 1.29 is 4.79 Å². The second-order valence-corrected chi connectivity index (χ2v) is 9.84. The van der Waals surface area contributed by atoms with Crippen molar-refractivity contribution in [3.05, 3.63) is 41.6 Å². The number of likely N-dealkylation sites (tertiary alicyclic amines) is 2. The van der Waals surface area contributed by atoms with Gasteiger partial charge in [-0.2, -0.15) is 0 Å². The Hall–Kier alpha value is -2.27. The summed E-state index contributed by atoms with van der Waals surface area (Å²) in [5.74, 6) is 1.30. The third kappa shape index (κ3) is 4.38. The van der Waals surface area contributed by atoms with Gasteiger partial charge in [0, 0.05) is 54.8 Å². The number of carbonyl (C=O) groups is 1. The van der Waals surface area contributed by atoms with Crippen LogP contribution in [0.25, 0.3) is 10.9 Å². The average molecular weight is 419 g/mol. The molecular formula is C26H34N4O. The van der Waals surface area contributed by atoms with Crippen molar-refractivity contribution in [1.82, 2.24) is 14.8 Å². The number of hydrogen-bond acceptors (Lipinski definition) is 4. The number of fused-ring (bicyclic) bond motifs is 1. The maximum absolute atomic E-state index is 13.2. The first-order valence-corrected chi connectivity index (χ1v) is 12.0. The van der Waals surface area contributed by atoms with Crippen LogP contribution in [0.15, 0.2) is 35.5 Å². The van der Waals surface area contributed by atoms with Crippen LogP contribution < -0.4 is 0 Å². The molecule has 1 aromatic carbocycles. The molecule has 3 aliphatic rings. The molecule has 164 valence electrons. The van der Waals surface area contributed by atoms with E-state index in [-0.39, 0.29) is 6.04 Å². The molecule has 0 N–H and O–H groups in total. The molecule has 2 saturated heterocycles. The van der Waals surface area contributed by atoms with E-state index >= 15 is 0 Å². The fourth-order valence-corrected chi connectivity index (χ4v) is 5.52. The lowest BCUT2D eigenvalue weighted by molar-refractivity contribution is -0.133. The minimum absolute atomic E-state index is 0.206. The van der Waals surface area contributed by atoms with Gasteiger partial charge in [-0.15, -0.1) is 0 Å². The van der Waals surface area contributed by atoms with E-state index in [2.05, 4.69) is 51.8 Å². The third-order valence-electron chi connectivity index (χ3n) is 7.51. The fraction of sp³-hybridized carbons (Fsp3) is 0.577. The van der Waals surface area contributed by atoms with Crippen molar-refractivity contribution in [1.29, 1.82) is 0 Å². The van der Waals surface area contributed by atoms with Crippen molar-refractivity contribution in [2.24, 2.45) is 10.9 Å². The van der Waals surface area contributed by atoms with Gasteiger partial charge >= 0.3 is 0 Å². The lowest BCUT2D eigenvalue weighted by Gasteiger charge is -2.37. The number of hydrogen-bond donors (Lipinski definition) is 0. The number of rotatable bonds is 5. The Morgan fingerprint density at radius 1 is 1.10 bits per heavy atom. The van der Waals surface area contributed by atoms with Crippen molar-refractivity contribution in [2.75, 3.05) is 26.2 Å². The molecule has 0 saturated carbocycles. The number of piperidine rings is 2. The number of benzene rings is 1. The second-order valence-electron chi connectivity index (χ2n) is 9.84. The molecule has 2 fully saturated rings. The monoisotopic (exact) mass is 418 g/mol. The minimum Gasteiger partial charge on any atom is -0.342 e. The minimum atomic E-state index is 0.206. The van der Waals surface area contributed by atoms with E-state index in [1.54, 1.807) is 0 Å². The summed E-state index contributed by atoms with van der Waals surface area (Å²) in [5, 5.41) is 1.23. The van der Waals surface area contributed by atoms with Crippen LogP contribution in [-0.4, -0.2) is 59.1 Å². The van der Waals surface area contributed by atoms with Gasteiger partial charge in [-0.1, -0.05) is 18.2 Å². The Morgan fingerprint density at radius 3 is 2.61 bits per heavy atom. The summed E-state index contributed by atoms with van der Waals surface area (Å²) in [7, 11) is 0. The van der Waals surface area contributed by atoms with Crippen LogP contribution in [0.4, 0.5) is 0 Å². The highest BCUT2D eigenvalue weighted by Crippen LogP contribution is 2.37. The maximum Gasteiger partial charge on any atom is 0.222 e. The van der Waals surface area contributed by atoms with E-state index in [9.17, 15) is 4.79 Å². The third-order valence-corrected chi connectivity index (χ3v) is 7.51. The Labute approximate surface area is 185 Å². The van der Waals surface area contributed by atoms with Crippen LogP contribution >= 0.6 is 0 Å². The summed E-state index contributed by atoms with van der Waals surface area (Å²) in [6.45, 7) is 8.55. The van der Waals surface area contributed by atoms with Gasteiger partial charge in [0.25, 0.3) is 0 Å². The predicted molar refractivity (Wildman–Crippen MR) is 126 cm³/mol. The molecule has 2 atom stereocenters. The van der Waals surface area contributed by atoms with Gasteiger partial charge in [-0.05, 0) is 70.2 Å². The molecule has 0 radical (unpaired) electrons. The van der Waals surface area contributed by atoms with Gasteiger partial charge in [-0.3, -0.25) is 14.8 Å². The van der Waals surface area contributed by atoms with Gasteiger partial charge in [0.15, 0.2) is 0 Å². The van der Waals surface area contributed by atoms with Gasteiger partial charge in [0.2, 0.25) is 5.91 Å². The lowest BCUT2D eigenvalue weighted by Crippen LogP contribution is -2.42. The zero-order chi connectivity index (χ0) is 21.4. The number of aliphatic imine (C=N–C) groups is 1. The largest absolute Gasteiger partial charge is 0.342 e. The van der Waals surface area contributed by atoms with Crippen LogP contribution in [0.5, 0.6) is 0 Å². The summed E-state index contributed by atoms with van der Waals surface area (Å²) >= 11 is 0. The van der Waals surface area contributed by atoms with Crippen LogP contribution in [0.1, 0.15) is 69.0 Å². The number of carbonyl (C=O) groups excluding carboxylic acids is 1. The molecule has 0 spiro atoms. The molecule has 31 heavy (non-hydrogen) atoms. The smallest absolute Gasteiger partial charge is 0.222 e. The van der Waals surface area contributed by atoms with Crippen LogP contribution in [0, 0.1) is 5.92 Å². The highest BCUT2D eigenvalue weighted by Gasteiger charge is 2.30. The summed E-state index contributed by atoms with van der Waals surface area (Å²) in [6, 6.07) is 9.50. The Balaban J connectivity index is 1.27. The second kappa shape index (κ2) is 8.70. The Bertz CT molecular complexity index is 971. The predicted octanol–water partition coefficient (Wildman–Crippen LogP) is 4.58. The fourth-order valence-electron chi connectivity index (χ4n) is 5.52. The first-order valence-electron chi connectivity index (χ1n) is 12.0. The van der Waals surface area contributed by atoms with Crippen molar-refractivity contribution in [2.45, 2.75) is 64.0 Å². The van der Waals surface area contributed by atoms with E-state index in [1.165, 1.54) is 16.5 Å². The first-order chi connectivity index (χ1) is 15.1. The molecule has 3 aliphatic heterocycles. The van der Waals surface area contributed by atoms with Crippen LogP contribution in [-0.2, 0) is 4.79 Å². The average Bonchev–Trinajstić information content (AvgIpc) is 3.64. The molecule has 4 heterocycles. The first kappa shape index (κ1) is 20.6. The summed E-state index contributed by atoms with van der Waals surface area (Å²) in [6.07, 6.45) is 9.11. The van der Waals surface area contributed by atoms with Crippen LogP contribution in [0.3, 0.4) is 0 Å². The van der Waals surface area contributed by atoms with Crippen LogP contribution in [0.2, 0.25) is 0 Å². The molecule has 5 heteroatoms. The quantitative estimate of drug-likeness (QED) is 0.714. The van der Waals surface area contributed by atoms with Gasteiger partial charge < -0.3 is 9.80 Å². The summed E-state index contributed by atoms with van der Waals surface area (Å²) in [4.78, 5) is 26.9. The maximum atomic E-state index is 13.2. The normalized spacial score (nSPS) is 24.8. The molecule has 2 unspecified atom stereocenters. The zero-order valence-corrected chi connectivity index (χ0v) is 18.8. The van der Waals surface area contributed by atoms with E-state index in [0.29, 0.717) is 23.8 Å².